The van der Waals surface area contributed by atoms with Crippen LogP contribution in [0.2, 0.25) is 0 Å². The molecule has 2 unspecified atom stereocenters. The second-order valence-electron chi connectivity index (χ2n) is 10.1. The van der Waals surface area contributed by atoms with E-state index < -0.39 is 0 Å². The number of fused-ring (bicyclic) bond motifs is 2. The molecule has 0 radical (unpaired) electrons. The third kappa shape index (κ3) is 3.96. The fourth-order valence-electron chi connectivity index (χ4n) is 5.79. The van der Waals surface area contributed by atoms with Crippen LogP contribution in [0.4, 0.5) is 11.8 Å². The summed E-state index contributed by atoms with van der Waals surface area (Å²) in [6.07, 6.45) is 6.40. The van der Waals surface area contributed by atoms with Crippen LogP contribution in [0.3, 0.4) is 0 Å². The fourth-order valence-corrected chi connectivity index (χ4v) is 5.79. The molecule has 0 spiro atoms. The number of aromatic amines is 2. The SMILES string of the molecule is c1ccc2[nH]c(C3CCCN(c4ccnc(N5CCCC(c6nc7ccccc7[nH]6)C5)n4)C3)nc2c1. The lowest BCUT2D eigenvalue weighted by Crippen LogP contribution is -2.38. The topological polar surface area (TPSA) is 89.6 Å². The number of imidazole rings is 2. The van der Waals surface area contributed by atoms with Gasteiger partial charge in [0.05, 0.1) is 22.1 Å². The number of piperidine rings is 2. The summed E-state index contributed by atoms with van der Waals surface area (Å²) in [5.41, 5.74) is 4.29. The third-order valence-corrected chi connectivity index (χ3v) is 7.67. The highest BCUT2D eigenvalue weighted by Gasteiger charge is 2.28. The van der Waals surface area contributed by atoms with Crippen LogP contribution in [0.1, 0.15) is 49.2 Å². The first-order valence-electron chi connectivity index (χ1n) is 13.0. The molecule has 182 valence electrons. The second kappa shape index (κ2) is 8.93. The number of nitrogens with one attached hydrogen (secondary N) is 2. The Labute approximate surface area is 209 Å². The summed E-state index contributed by atoms with van der Waals surface area (Å²) in [4.78, 5) is 31.3. The Balaban J connectivity index is 1.09. The first-order valence-corrected chi connectivity index (χ1v) is 13.0. The van der Waals surface area contributed by atoms with Crippen molar-refractivity contribution < 1.29 is 0 Å². The average molecular weight is 479 g/mol. The summed E-state index contributed by atoms with van der Waals surface area (Å²) in [6.45, 7) is 3.78. The largest absolute Gasteiger partial charge is 0.356 e. The van der Waals surface area contributed by atoms with E-state index in [0.29, 0.717) is 11.8 Å². The maximum Gasteiger partial charge on any atom is 0.227 e. The summed E-state index contributed by atoms with van der Waals surface area (Å²) >= 11 is 0. The zero-order valence-electron chi connectivity index (χ0n) is 20.3. The fraction of sp³-hybridized carbons (Fsp3) is 0.357. The molecule has 2 saturated heterocycles. The van der Waals surface area contributed by atoms with Crippen molar-refractivity contribution in [2.75, 3.05) is 36.0 Å². The number of hydrogen-bond acceptors (Lipinski definition) is 6. The van der Waals surface area contributed by atoms with E-state index in [0.717, 1.165) is 97.3 Å². The number of benzene rings is 2. The predicted octanol–water partition coefficient (Wildman–Crippen LogP) is 5.00. The monoisotopic (exact) mass is 478 g/mol. The first kappa shape index (κ1) is 21.4. The number of aromatic nitrogens is 6. The van der Waals surface area contributed by atoms with Crippen LogP contribution in [-0.2, 0) is 0 Å². The number of anilines is 2. The molecular weight excluding hydrogens is 448 g/mol. The van der Waals surface area contributed by atoms with Crippen LogP contribution >= 0.6 is 0 Å². The van der Waals surface area contributed by atoms with Gasteiger partial charge in [0.25, 0.3) is 0 Å². The van der Waals surface area contributed by atoms with Crippen LogP contribution < -0.4 is 9.80 Å². The summed E-state index contributed by atoms with van der Waals surface area (Å²) in [7, 11) is 0. The lowest BCUT2D eigenvalue weighted by molar-refractivity contribution is 0.484. The Bertz CT molecular complexity index is 1330. The molecule has 36 heavy (non-hydrogen) atoms. The molecule has 0 bridgehead atoms. The van der Waals surface area contributed by atoms with Gasteiger partial charge in [-0.05, 0) is 56.0 Å². The van der Waals surface area contributed by atoms with E-state index >= 15 is 0 Å². The third-order valence-electron chi connectivity index (χ3n) is 7.67. The van der Waals surface area contributed by atoms with Gasteiger partial charge in [-0.25, -0.2) is 15.0 Å². The van der Waals surface area contributed by atoms with Crippen molar-refractivity contribution in [3.63, 3.8) is 0 Å². The van der Waals surface area contributed by atoms with Crippen LogP contribution in [0.25, 0.3) is 22.1 Å². The number of rotatable bonds is 4. The number of nitrogens with zero attached hydrogens (tertiary/aromatic N) is 6. The molecule has 5 heterocycles. The van der Waals surface area contributed by atoms with Gasteiger partial charge in [-0.2, -0.15) is 4.98 Å². The smallest absolute Gasteiger partial charge is 0.227 e. The Morgan fingerprint density at radius 2 is 1.25 bits per heavy atom. The second-order valence-corrected chi connectivity index (χ2v) is 10.1. The Morgan fingerprint density at radius 1 is 0.667 bits per heavy atom. The van der Waals surface area contributed by atoms with E-state index in [4.69, 9.17) is 15.0 Å². The number of H-pyrrole nitrogens is 2. The summed E-state index contributed by atoms with van der Waals surface area (Å²) in [5, 5.41) is 0. The Morgan fingerprint density at radius 3 is 1.89 bits per heavy atom. The van der Waals surface area contributed by atoms with Crippen LogP contribution in [0, 0.1) is 0 Å². The van der Waals surface area contributed by atoms with E-state index in [1.54, 1.807) is 0 Å². The van der Waals surface area contributed by atoms with Crippen molar-refractivity contribution in [2.24, 2.45) is 0 Å². The van der Waals surface area contributed by atoms with Crippen molar-refractivity contribution in [2.45, 2.75) is 37.5 Å². The van der Waals surface area contributed by atoms with Gasteiger partial charge in [0.2, 0.25) is 5.95 Å². The van der Waals surface area contributed by atoms with Crippen LogP contribution in [0.15, 0.2) is 60.8 Å². The van der Waals surface area contributed by atoms with E-state index in [2.05, 4.69) is 61.1 Å². The average Bonchev–Trinajstić information content (AvgIpc) is 3.58. The van der Waals surface area contributed by atoms with Crippen LogP contribution in [-0.4, -0.2) is 56.1 Å². The molecule has 2 N–H and O–H groups in total. The standard InChI is InChI=1S/C28H30N8/c1-2-10-22-21(9-1)30-26(31-22)19-7-5-15-35(17-19)25-13-14-29-28(34-25)36-16-6-8-20(18-36)27-32-23-11-3-4-12-24(23)33-27/h1-4,9-14,19-20H,5-8,15-18H2,(H,30,31)(H,32,33). The summed E-state index contributed by atoms with van der Waals surface area (Å²) in [6, 6.07) is 18.6. The van der Waals surface area contributed by atoms with Gasteiger partial charge in [0.15, 0.2) is 0 Å². The molecule has 2 fully saturated rings. The van der Waals surface area contributed by atoms with Gasteiger partial charge < -0.3 is 19.8 Å². The zero-order valence-corrected chi connectivity index (χ0v) is 20.3. The van der Waals surface area contributed by atoms with Crippen molar-refractivity contribution in [3.05, 3.63) is 72.4 Å². The number of hydrogen-bond donors (Lipinski definition) is 2. The normalized spacial score (nSPS) is 20.9. The zero-order chi connectivity index (χ0) is 23.9. The first-order chi connectivity index (χ1) is 17.8. The predicted molar refractivity (Wildman–Crippen MR) is 143 cm³/mol. The summed E-state index contributed by atoms with van der Waals surface area (Å²) < 4.78 is 0. The molecule has 0 aliphatic carbocycles. The maximum absolute atomic E-state index is 5.04. The van der Waals surface area contributed by atoms with E-state index in [1.165, 1.54) is 0 Å². The lowest BCUT2D eigenvalue weighted by Gasteiger charge is -2.34. The Kier molecular flexibility index (Phi) is 5.30. The van der Waals surface area contributed by atoms with Crippen molar-refractivity contribution in [1.29, 1.82) is 0 Å². The van der Waals surface area contributed by atoms with Gasteiger partial charge >= 0.3 is 0 Å². The maximum atomic E-state index is 5.04. The number of para-hydroxylation sites is 4. The molecule has 8 nitrogen and oxygen atoms in total. The highest BCUT2D eigenvalue weighted by atomic mass is 15.3. The minimum Gasteiger partial charge on any atom is -0.356 e. The molecule has 5 aromatic rings. The molecule has 2 aromatic carbocycles. The highest BCUT2D eigenvalue weighted by molar-refractivity contribution is 5.75. The molecule has 3 aromatic heterocycles. The molecule has 0 amide bonds. The van der Waals surface area contributed by atoms with Gasteiger partial charge in [-0.3, -0.25) is 0 Å². The van der Waals surface area contributed by atoms with Crippen LogP contribution in [0.5, 0.6) is 0 Å². The van der Waals surface area contributed by atoms with Crippen molar-refractivity contribution in [1.82, 2.24) is 29.9 Å². The molecule has 2 aliphatic rings. The van der Waals surface area contributed by atoms with Gasteiger partial charge in [-0.1, -0.05) is 24.3 Å². The molecule has 0 saturated carbocycles. The van der Waals surface area contributed by atoms with E-state index in [-0.39, 0.29) is 0 Å². The molecule has 7 rings (SSSR count). The van der Waals surface area contributed by atoms with Gasteiger partial charge in [0.1, 0.15) is 17.5 Å². The highest BCUT2D eigenvalue weighted by Crippen LogP contribution is 2.31. The lowest BCUT2D eigenvalue weighted by atomic mass is 9.97. The summed E-state index contributed by atoms with van der Waals surface area (Å²) in [5.74, 6) is 4.70. The van der Waals surface area contributed by atoms with Gasteiger partial charge in [-0.15, -0.1) is 0 Å². The van der Waals surface area contributed by atoms with Crippen molar-refractivity contribution in [3.8, 4) is 0 Å². The van der Waals surface area contributed by atoms with E-state index in [1.807, 2.05) is 24.4 Å². The van der Waals surface area contributed by atoms with Gasteiger partial charge in [0, 0.05) is 44.2 Å². The van der Waals surface area contributed by atoms with Crippen molar-refractivity contribution >= 4 is 33.8 Å². The molecule has 2 atom stereocenters. The van der Waals surface area contributed by atoms with E-state index in [9.17, 15) is 0 Å². The quantitative estimate of drug-likeness (QED) is 0.378. The Hall–Kier alpha value is -3.94. The minimum absolute atomic E-state index is 0.353. The molecule has 2 aliphatic heterocycles. The molecular formula is C28H30N8. The molecule has 8 heteroatoms. The minimum atomic E-state index is 0.353.